The molecule has 1 saturated carbocycles. The van der Waals surface area contributed by atoms with Crippen molar-refractivity contribution in [3.63, 3.8) is 0 Å². The molecule has 0 spiro atoms. The van der Waals surface area contributed by atoms with Crippen molar-refractivity contribution in [3.8, 4) is 6.07 Å². The number of rotatable bonds is 1. The molecule has 1 aliphatic carbocycles. The first-order valence-electron chi connectivity index (χ1n) is 6.16. The summed E-state index contributed by atoms with van der Waals surface area (Å²) in [6, 6.07) is 2.21. The zero-order valence-electron chi connectivity index (χ0n) is 9.50. The van der Waals surface area contributed by atoms with Gasteiger partial charge >= 0.3 is 0 Å². The molecule has 2 rings (SSSR count). The Morgan fingerprint density at radius 1 is 1.00 bits per heavy atom. The second-order valence-corrected chi connectivity index (χ2v) is 5.16. The molecule has 3 heteroatoms. The van der Waals surface area contributed by atoms with Crippen molar-refractivity contribution in [1.82, 2.24) is 10.6 Å². The predicted molar refractivity (Wildman–Crippen MR) is 60.0 cm³/mol. The number of nitrogens with zero attached hydrogens (tertiary/aromatic N) is 1. The summed E-state index contributed by atoms with van der Waals surface area (Å²) < 4.78 is 0. The molecule has 0 aromatic carbocycles. The van der Waals surface area contributed by atoms with Gasteiger partial charge in [-0.15, -0.1) is 0 Å². The van der Waals surface area contributed by atoms with E-state index in [1.54, 1.807) is 0 Å². The summed E-state index contributed by atoms with van der Waals surface area (Å²) in [5, 5.41) is 15.3. The molecular weight excluding hydrogens is 186 g/mol. The monoisotopic (exact) mass is 207 g/mol. The molecule has 2 aliphatic rings. The Hall–Kier alpha value is -0.590. The maximum Gasteiger partial charge on any atom is 0.147 e. The zero-order valence-corrected chi connectivity index (χ0v) is 9.50. The van der Waals surface area contributed by atoms with Crippen LogP contribution in [0.2, 0.25) is 0 Å². The van der Waals surface area contributed by atoms with Gasteiger partial charge in [-0.05, 0) is 30.6 Å². The van der Waals surface area contributed by atoms with Gasteiger partial charge in [0.05, 0.1) is 6.07 Å². The molecule has 0 amide bonds. The van der Waals surface area contributed by atoms with E-state index in [1.807, 2.05) is 0 Å². The summed E-state index contributed by atoms with van der Waals surface area (Å²) >= 11 is 0. The molecule has 0 radical (unpaired) electrons. The molecule has 2 N–H and O–H groups in total. The van der Waals surface area contributed by atoms with E-state index in [-0.39, 0.29) is 6.17 Å². The summed E-state index contributed by atoms with van der Waals surface area (Å²) in [5.74, 6) is 2.54. The predicted octanol–water partition coefficient (Wildman–Crippen LogP) is 1.47. The Morgan fingerprint density at radius 2 is 1.60 bits per heavy atom. The van der Waals surface area contributed by atoms with Gasteiger partial charge in [-0.2, -0.15) is 5.26 Å². The van der Waals surface area contributed by atoms with Crippen LogP contribution in [0.1, 0.15) is 32.6 Å². The smallest absolute Gasteiger partial charge is 0.147 e. The van der Waals surface area contributed by atoms with Crippen molar-refractivity contribution in [1.29, 1.82) is 5.26 Å². The van der Waals surface area contributed by atoms with E-state index in [0.717, 1.165) is 30.8 Å². The fourth-order valence-corrected chi connectivity index (χ4v) is 2.86. The van der Waals surface area contributed by atoms with Gasteiger partial charge in [-0.1, -0.05) is 19.8 Å². The molecule has 0 unspecified atom stereocenters. The van der Waals surface area contributed by atoms with E-state index >= 15 is 0 Å². The average molecular weight is 207 g/mol. The summed E-state index contributed by atoms with van der Waals surface area (Å²) in [6.45, 7) is 4.40. The van der Waals surface area contributed by atoms with E-state index in [0.29, 0.717) is 0 Å². The van der Waals surface area contributed by atoms with Gasteiger partial charge in [-0.25, -0.2) is 0 Å². The summed E-state index contributed by atoms with van der Waals surface area (Å²) in [6.07, 6.45) is 5.42. The van der Waals surface area contributed by atoms with Gasteiger partial charge in [0.15, 0.2) is 0 Å². The maximum absolute atomic E-state index is 8.75. The van der Waals surface area contributed by atoms with Crippen molar-refractivity contribution in [2.75, 3.05) is 13.1 Å². The van der Waals surface area contributed by atoms with Crippen molar-refractivity contribution in [3.05, 3.63) is 0 Å². The maximum atomic E-state index is 8.75. The van der Waals surface area contributed by atoms with E-state index in [4.69, 9.17) is 5.26 Å². The minimum atomic E-state index is -0.122. The SMILES string of the molecule is CC1CCC(C2CNC(C#N)NC2)CC1. The molecule has 1 heterocycles. The van der Waals surface area contributed by atoms with Gasteiger partial charge < -0.3 is 0 Å². The van der Waals surface area contributed by atoms with Crippen LogP contribution in [-0.4, -0.2) is 19.3 Å². The molecule has 15 heavy (non-hydrogen) atoms. The molecule has 0 bridgehead atoms. The van der Waals surface area contributed by atoms with Crippen molar-refractivity contribution < 1.29 is 0 Å². The number of hydrogen-bond donors (Lipinski definition) is 2. The third-order valence-electron chi connectivity index (χ3n) is 4.02. The fourth-order valence-electron chi connectivity index (χ4n) is 2.86. The fraction of sp³-hybridized carbons (Fsp3) is 0.917. The van der Waals surface area contributed by atoms with Gasteiger partial charge in [0.1, 0.15) is 6.17 Å². The summed E-state index contributed by atoms with van der Waals surface area (Å²) in [7, 11) is 0. The third-order valence-corrected chi connectivity index (χ3v) is 4.02. The molecule has 0 atom stereocenters. The van der Waals surface area contributed by atoms with Crippen LogP contribution in [0.15, 0.2) is 0 Å². The van der Waals surface area contributed by atoms with E-state index in [2.05, 4.69) is 23.6 Å². The number of nitriles is 1. The van der Waals surface area contributed by atoms with Crippen molar-refractivity contribution >= 4 is 0 Å². The van der Waals surface area contributed by atoms with Crippen molar-refractivity contribution in [2.24, 2.45) is 17.8 Å². The Morgan fingerprint density at radius 3 is 2.13 bits per heavy atom. The van der Waals surface area contributed by atoms with Gasteiger partial charge in [-0.3, -0.25) is 10.6 Å². The quantitative estimate of drug-likeness (QED) is 0.684. The number of nitrogens with one attached hydrogen (secondary N) is 2. The lowest BCUT2D eigenvalue weighted by Crippen LogP contribution is -2.53. The van der Waals surface area contributed by atoms with Crippen LogP contribution >= 0.6 is 0 Å². The zero-order chi connectivity index (χ0) is 10.7. The normalized spacial score (nSPS) is 42.1. The molecule has 3 nitrogen and oxygen atoms in total. The molecule has 84 valence electrons. The molecular formula is C12H21N3. The summed E-state index contributed by atoms with van der Waals surface area (Å²) in [4.78, 5) is 0. The van der Waals surface area contributed by atoms with E-state index < -0.39 is 0 Å². The Kier molecular flexibility index (Phi) is 3.61. The lowest BCUT2D eigenvalue weighted by molar-refractivity contribution is 0.177. The van der Waals surface area contributed by atoms with Gasteiger partial charge in [0.2, 0.25) is 0 Å². The first-order chi connectivity index (χ1) is 7.29. The number of hydrogen-bond acceptors (Lipinski definition) is 3. The topological polar surface area (TPSA) is 47.9 Å². The first-order valence-corrected chi connectivity index (χ1v) is 6.16. The molecule has 1 saturated heterocycles. The van der Waals surface area contributed by atoms with Crippen LogP contribution in [0.25, 0.3) is 0 Å². The van der Waals surface area contributed by atoms with Gasteiger partial charge in [0.25, 0.3) is 0 Å². The minimum Gasteiger partial charge on any atom is -0.290 e. The van der Waals surface area contributed by atoms with E-state index in [1.165, 1.54) is 25.7 Å². The summed E-state index contributed by atoms with van der Waals surface area (Å²) in [5.41, 5.74) is 0. The van der Waals surface area contributed by atoms with Crippen LogP contribution in [0.4, 0.5) is 0 Å². The second kappa shape index (κ2) is 4.96. The lowest BCUT2D eigenvalue weighted by Gasteiger charge is -2.36. The van der Waals surface area contributed by atoms with E-state index in [9.17, 15) is 0 Å². The Balaban J connectivity index is 1.78. The van der Waals surface area contributed by atoms with Crippen LogP contribution in [0.5, 0.6) is 0 Å². The Bertz CT molecular complexity index is 230. The molecule has 0 aromatic heterocycles. The first kappa shape index (κ1) is 10.9. The van der Waals surface area contributed by atoms with Crippen LogP contribution in [0.3, 0.4) is 0 Å². The molecule has 2 fully saturated rings. The van der Waals surface area contributed by atoms with Crippen LogP contribution < -0.4 is 10.6 Å². The highest BCUT2D eigenvalue weighted by Gasteiger charge is 2.29. The third kappa shape index (κ3) is 2.70. The highest BCUT2D eigenvalue weighted by Crippen LogP contribution is 2.33. The van der Waals surface area contributed by atoms with Crippen LogP contribution in [0, 0.1) is 29.1 Å². The lowest BCUT2D eigenvalue weighted by atomic mass is 9.76. The highest BCUT2D eigenvalue weighted by atomic mass is 15.1. The van der Waals surface area contributed by atoms with Crippen LogP contribution in [-0.2, 0) is 0 Å². The second-order valence-electron chi connectivity index (χ2n) is 5.16. The molecule has 1 aliphatic heterocycles. The molecule has 0 aromatic rings. The average Bonchev–Trinajstić information content (AvgIpc) is 2.30. The minimum absolute atomic E-state index is 0.122. The van der Waals surface area contributed by atoms with Gasteiger partial charge in [0, 0.05) is 13.1 Å². The van der Waals surface area contributed by atoms with Crippen molar-refractivity contribution in [2.45, 2.75) is 38.8 Å². The highest BCUT2D eigenvalue weighted by molar-refractivity contribution is 4.93. The Labute approximate surface area is 92.2 Å². The standard InChI is InChI=1S/C12H21N3/c1-9-2-4-10(5-3-9)11-7-14-12(6-13)15-8-11/h9-12,14-15H,2-5,7-8H2,1H3. The largest absolute Gasteiger partial charge is 0.290 e.